The van der Waals surface area contributed by atoms with Crippen LogP contribution in [-0.4, -0.2) is 6.21 Å². The Labute approximate surface area is 62.3 Å². The highest BCUT2D eigenvalue weighted by atomic mass is 79.9. The molecule has 1 nitrogen and oxygen atoms in total. The van der Waals surface area contributed by atoms with Gasteiger partial charge >= 0.3 is 0 Å². The van der Waals surface area contributed by atoms with E-state index in [2.05, 4.69) is 15.9 Å². The standard InChI is InChI=1S/C7H6BrN/c8-7-3-1-6(5-9)2-4-7/h1-5,9H. The van der Waals surface area contributed by atoms with Gasteiger partial charge in [-0.05, 0) is 17.7 Å². The van der Waals surface area contributed by atoms with Gasteiger partial charge in [-0.2, -0.15) is 0 Å². The Hall–Kier alpha value is -0.630. The molecular formula is C7H6BrN. The van der Waals surface area contributed by atoms with Gasteiger partial charge in [0.05, 0.1) is 0 Å². The SMILES string of the molecule is N=Cc1ccc(Br)cc1. The van der Waals surface area contributed by atoms with Crippen LogP contribution in [-0.2, 0) is 0 Å². The molecule has 0 spiro atoms. The van der Waals surface area contributed by atoms with Crippen molar-refractivity contribution in [3.05, 3.63) is 34.3 Å². The van der Waals surface area contributed by atoms with Gasteiger partial charge < -0.3 is 5.41 Å². The molecular weight excluding hydrogens is 178 g/mol. The van der Waals surface area contributed by atoms with Crippen molar-refractivity contribution in [1.82, 2.24) is 0 Å². The molecule has 0 fully saturated rings. The van der Waals surface area contributed by atoms with E-state index in [1.54, 1.807) is 0 Å². The molecule has 0 amide bonds. The van der Waals surface area contributed by atoms with Crippen LogP contribution in [0.1, 0.15) is 5.56 Å². The van der Waals surface area contributed by atoms with Crippen LogP contribution in [0.3, 0.4) is 0 Å². The monoisotopic (exact) mass is 183 g/mol. The lowest BCUT2D eigenvalue weighted by atomic mass is 10.2. The smallest absolute Gasteiger partial charge is 0.0250 e. The predicted molar refractivity (Wildman–Crippen MR) is 42.0 cm³/mol. The molecule has 0 aliphatic carbocycles. The van der Waals surface area contributed by atoms with Crippen molar-refractivity contribution in [2.75, 3.05) is 0 Å². The van der Waals surface area contributed by atoms with Crippen LogP contribution in [0.5, 0.6) is 0 Å². The first kappa shape index (κ1) is 6.49. The molecule has 0 saturated heterocycles. The molecule has 46 valence electrons. The molecule has 0 radical (unpaired) electrons. The van der Waals surface area contributed by atoms with Crippen molar-refractivity contribution < 1.29 is 0 Å². The zero-order valence-corrected chi connectivity index (χ0v) is 6.35. The average Bonchev–Trinajstić information content (AvgIpc) is 1.90. The molecule has 0 unspecified atom stereocenters. The summed E-state index contributed by atoms with van der Waals surface area (Å²) in [5, 5.41) is 6.87. The molecule has 0 saturated carbocycles. The van der Waals surface area contributed by atoms with Crippen LogP contribution in [0.2, 0.25) is 0 Å². The first-order valence-corrected chi connectivity index (χ1v) is 3.38. The maximum absolute atomic E-state index is 6.87. The van der Waals surface area contributed by atoms with E-state index in [0.717, 1.165) is 10.0 Å². The maximum atomic E-state index is 6.87. The van der Waals surface area contributed by atoms with Gasteiger partial charge in [-0.25, -0.2) is 0 Å². The average molecular weight is 184 g/mol. The van der Waals surface area contributed by atoms with E-state index >= 15 is 0 Å². The van der Waals surface area contributed by atoms with Gasteiger partial charge in [0, 0.05) is 10.7 Å². The Kier molecular flexibility index (Phi) is 2.01. The van der Waals surface area contributed by atoms with Crippen LogP contribution in [0.15, 0.2) is 28.7 Å². The van der Waals surface area contributed by atoms with Crippen LogP contribution >= 0.6 is 15.9 Å². The topological polar surface area (TPSA) is 23.9 Å². The highest BCUT2D eigenvalue weighted by molar-refractivity contribution is 9.10. The Morgan fingerprint density at radius 3 is 2.22 bits per heavy atom. The largest absolute Gasteiger partial charge is 0.308 e. The van der Waals surface area contributed by atoms with E-state index in [0.29, 0.717) is 0 Å². The van der Waals surface area contributed by atoms with E-state index in [-0.39, 0.29) is 0 Å². The Balaban J connectivity index is 3.01. The number of hydrogen-bond donors (Lipinski definition) is 1. The summed E-state index contributed by atoms with van der Waals surface area (Å²) in [7, 11) is 0. The van der Waals surface area contributed by atoms with Crippen LogP contribution < -0.4 is 0 Å². The fourth-order valence-corrected chi connectivity index (χ4v) is 0.823. The van der Waals surface area contributed by atoms with Gasteiger partial charge in [-0.15, -0.1) is 0 Å². The third-order valence-electron chi connectivity index (χ3n) is 1.04. The second-order valence-corrected chi connectivity index (χ2v) is 2.61. The van der Waals surface area contributed by atoms with E-state index < -0.39 is 0 Å². The first-order valence-electron chi connectivity index (χ1n) is 2.59. The van der Waals surface area contributed by atoms with Gasteiger partial charge in [-0.3, -0.25) is 0 Å². The van der Waals surface area contributed by atoms with E-state index in [9.17, 15) is 0 Å². The quantitative estimate of drug-likeness (QED) is 0.648. The number of nitrogens with one attached hydrogen (secondary N) is 1. The molecule has 0 aliphatic rings. The maximum Gasteiger partial charge on any atom is 0.0250 e. The molecule has 1 rings (SSSR count). The molecule has 0 aromatic heterocycles. The number of benzene rings is 1. The lowest BCUT2D eigenvalue weighted by Gasteiger charge is -1.89. The van der Waals surface area contributed by atoms with Gasteiger partial charge in [0.2, 0.25) is 0 Å². The summed E-state index contributed by atoms with van der Waals surface area (Å²) >= 11 is 3.30. The minimum Gasteiger partial charge on any atom is -0.308 e. The number of rotatable bonds is 1. The highest BCUT2D eigenvalue weighted by Crippen LogP contribution is 2.08. The van der Waals surface area contributed by atoms with Crippen LogP contribution in [0.4, 0.5) is 0 Å². The second-order valence-electron chi connectivity index (χ2n) is 1.70. The minimum absolute atomic E-state index is 0.929. The fraction of sp³-hybridized carbons (Fsp3) is 0. The molecule has 0 atom stereocenters. The third kappa shape index (κ3) is 1.64. The van der Waals surface area contributed by atoms with Crippen molar-refractivity contribution in [3.63, 3.8) is 0 Å². The van der Waals surface area contributed by atoms with Crippen molar-refractivity contribution in [3.8, 4) is 0 Å². The molecule has 0 aliphatic heterocycles. The fourth-order valence-electron chi connectivity index (χ4n) is 0.559. The Bertz CT molecular complexity index is 203. The summed E-state index contributed by atoms with van der Waals surface area (Å²) in [6.07, 6.45) is 1.33. The molecule has 0 bridgehead atoms. The second kappa shape index (κ2) is 2.78. The zero-order valence-electron chi connectivity index (χ0n) is 4.76. The van der Waals surface area contributed by atoms with Gasteiger partial charge in [0.15, 0.2) is 0 Å². The van der Waals surface area contributed by atoms with Crippen molar-refractivity contribution in [2.45, 2.75) is 0 Å². The highest BCUT2D eigenvalue weighted by Gasteiger charge is 1.84. The molecule has 0 heterocycles. The first-order chi connectivity index (χ1) is 4.33. The number of halogens is 1. The van der Waals surface area contributed by atoms with E-state index in [4.69, 9.17) is 5.41 Å². The third-order valence-corrected chi connectivity index (χ3v) is 1.57. The number of hydrogen-bond acceptors (Lipinski definition) is 1. The van der Waals surface area contributed by atoms with Crippen molar-refractivity contribution in [2.24, 2.45) is 0 Å². The lowest BCUT2D eigenvalue weighted by molar-refractivity contribution is 1.53. The lowest BCUT2D eigenvalue weighted by Crippen LogP contribution is -1.75. The van der Waals surface area contributed by atoms with Gasteiger partial charge in [0.1, 0.15) is 0 Å². The van der Waals surface area contributed by atoms with Gasteiger partial charge in [-0.1, -0.05) is 28.1 Å². The summed E-state index contributed by atoms with van der Waals surface area (Å²) in [5.41, 5.74) is 0.929. The van der Waals surface area contributed by atoms with Gasteiger partial charge in [0.25, 0.3) is 0 Å². The molecule has 2 heteroatoms. The predicted octanol–water partition coefficient (Wildman–Crippen LogP) is 2.45. The van der Waals surface area contributed by atoms with Crippen LogP contribution in [0.25, 0.3) is 0 Å². The van der Waals surface area contributed by atoms with E-state index in [1.165, 1.54) is 6.21 Å². The molecule has 1 aromatic carbocycles. The molecule has 1 aromatic rings. The summed E-state index contributed by atoms with van der Waals surface area (Å²) in [6.45, 7) is 0. The van der Waals surface area contributed by atoms with Crippen molar-refractivity contribution >= 4 is 22.1 Å². The summed E-state index contributed by atoms with van der Waals surface area (Å²) < 4.78 is 1.05. The normalized spacial score (nSPS) is 9.00. The minimum atomic E-state index is 0.929. The van der Waals surface area contributed by atoms with E-state index in [1.807, 2.05) is 24.3 Å². The summed E-state index contributed by atoms with van der Waals surface area (Å²) in [6, 6.07) is 7.61. The Morgan fingerprint density at radius 1 is 1.22 bits per heavy atom. The van der Waals surface area contributed by atoms with Crippen LogP contribution in [0, 0.1) is 5.41 Å². The summed E-state index contributed by atoms with van der Waals surface area (Å²) in [4.78, 5) is 0. The molecule has 9 heavy (non-hydrogen) atoms. The zero-order chi connectivity index (χ0) is 6.69. The summed E-state index contributed by atoms with van der Waals surface area (Å²) in [5.74, 6) is 0. The molecule has 1 N–H and O–H groups in total. The Morgan fingerprint density at radius 2 is 1.78 bits per heavy atom. The van der Waals surface area contributed by atoms with Crippen molar-refractivity contribution in [1.29, 1.82) is 5.41 Å².